The molecule has 1 heterocycles. The van der Waals surface area contributed by atoms with E-state index in [1.54, 1.807) is 0 Å². The fourth-order valence-corrected chi connectivity index (χ4v) is 1.78. The van der Waals surface area contributed by atoms with Crippen LogP contribution in [0.3, 0.4) is 0 Å². The predicted molar refractivity (Wildman–Crippen MR) is 55.6 cm³/mol. The molecule has 0 atom stereocenters. The van der Waals surface area contributed by atoms with E-state index in [4.69, 9.17) is 0 Å². The maximum Gasteiger partial charge on any atom is 0.0807 e. The summed E-state index contributed by atoms with van der Waals surface area (Å²) >= 11 is 0. The zero-order valence-corrected chi connectivity index (χ0v) is 8.03. The number of fused-ring (bicyclic) bond motifs is 1. The highest BCUT2D eigenvalue weighted by atomic mass is 15.2. The Labute approximate surface area is 79.6 Å². The summed E-state index contributed by atoms with van der Waals surface area (Å²) in [6.07, 6.45) is 1.17. The van der Waals surface area contributed by atoms with Crippen molar-refractivity contribution in [3.05, 3.63) is 24.3 Å². The number of hydrogen-bond acceptors (Lipinski definition) is 1. The average Bonchev–Trinajstić information content (AvgIpc) is 2.39. The van der Waals surface area contributed by atoms with E-state index >= 15 is 0 Å². The molecule has 0 amide bonds. The summed E-state index contributed by atoms with van der Waals surface area (Å²) in [4.78, 5) is 2.39. The SMILES string of the molecule is CCN1CCC[N]c2ccccc21. The summed E-state index contributed by atoms with van der Waals surface area (Å²) in [7, 11) is 0. The van der Waals surface area contributed by atoms with Crippen LogP contribution in [0.25, 0.3) is 0 Å². The smallest absolute Gasteiger partial charge is 0.0807 e. The molecule has 13 heavy (non-hydrogen) atoms. The van der Waals surface area contributed by atoms with Crippen molar-refractivity contribution in [1.29, 1.82) is 0 Å². The van der Waals surface area contributed by atoms with Gasteiger partial charge in [0, 0.05) is 19.6 Å². The van der Waals surface area contributed by atoms with E-state index < -0.39 is 0 Å². The van der Waals surface area contributed by atoms with Crippen molar-refractivity contribution in [3.63, 3.8) is 0 Å². The zero-order chi connectivity index (χ0) is 9.10. The number of benzene rings is 1. The highest BCUT2D eigenvalue weighted by molar-refractivity contribution is 5.66. The highest BCUT2D eigenvalue weighted by Gasteiger charge is 2.12. The molecule has 0 spiro atoms. The Balaban J connectivity index is 2.35. The maximum atomic E-state index is 4.54. The molecule has 0 bridgehead atoms. The molecule has 2 nitrogen and oxygen atoms in total. The van der Waals surface area contributed by atoms with Crippen LogP contribution in [0.5, 0.6) is 0 Å². The molecule has 1 aliphatic heterocycles. The van der Waals surface area contributed by atoms with Crippen molar-refractivity contribution in [2.45, 2.75) is 13.3 Å². The molecule has 0 aliphatic carbocycles. The fourth-order valence-electron chi connectivity index (χ4n) is 1.78. The molecule has 69 valence electrons. The second kappa shape index (κ2) is 3.69. The molecule has 1 aromatic carbocycles. The minimum Gasteiger partial charge on any atom is -0.370 e. The van der Waals surface area contributed by atoms with Gasteiger partial charge in [-0.15, -0.1) is 0 Å². The first-order chi connectivity index (χ1) is 6.42. The monoisotopic (exact) mass is 175 g/mol. The lowest BCUT2D eigenvalue weighted by Gasteiger charge is -2.21. The van der Waals surface area contributed by atoms with Crippen LogP contribution >= 0.6 is 0 Å². The summed E-state index contributed by atoms with van der Waals surface area (Å²) in [5, 5.41) is 4.54. The molecule has 0 fully saturated rings. The van der Waals surface area contributed by atoms with Crippen molar-refractivity contribution < 1.29 is 0 Å². The lowest BCUT2D eigenvalue weighted by atomic mass is 10.2. The second-order valence-electron chi connectivity index (χ2n) is 3.30. The molecular weight excluding hydrogens is 160 g/mol. The molecule has 0 saturated carbocycles. The third-order valence-corrected chi connectivity index (χ3v) is 2.47. The lowest BCUT2D eigenvalue weighted by molar-refractivity contribution is 0.739. The van der Waals surface area contributed by atoms with Gasteiger partial charge < -0.3 is 4.90 Å². The molecule has 1 aromatic rings. The van der Waals surface area contributed by atoms with Gasteiger partial charge in [-0.05, 0) is 25.5 Å². The van der Waals surface area contributed by atoms with E-state index in [1.165, 1.54) is 12.1 Å². The van der Waals surface area contributed by atoms with Gasteiger partial charge in [0.2, 0.25) is 0 Å². The van der Waals surface area contributed by atoms with Crippen molar-refractivity contribution in [1.82, 2.24) is 5.32 Å². The largest absolute Gasteiger partial charge is 0.370 e. The first kappa shape index (κ1) is 8.42. The van der Waals surface area contributed by atoms with Crippen LogP contribution < -0.4 is 10.2 Å². The minimum absolute atomic E-state index is 0.966. The summed E-state index contributed by atoms with van der Waals surface area (Å²) in [5.41, 5.74) is 2.45. The molecule has 1 aliphatic rings. The zero-order valence-electron chi connectivity index (χ0n) is 8.03. The van der Waals surface area contributed by atoms with Crippen molar-refractivity contribution in [3.8, 4) is 0 Å². The van der Waals surface area contributed by atoms with Gasteiger partial charge in [0.05, 0.1) is 11.4 Å². The van der Waals surface area contributed by atoms with Crippen LogP contribution in [0.2, 0.25) is 0 Å². The van der Waals surface area contributed by atoms with Gasteiger partial charge in [-0.2, -0.15) is 0 Å². The van der Waals surface area contributed by atoms with E-state index in [0.29, 0.717) is 0 Å². The normalized spacial score (nSPS) is 15.9. The second-order valence-corrected chi connectivity index (χ2v) is 3.30. The molecule has 2 heteroatoms. The standard InChI is InChI=1S/C11H15N2/c1-2-13-9-5-8-12-10-6-3-4-7-11(10)13/h3-4,6-7H,2,5,8-9H2,1H3. The highest BCUT2D eigenvalue weighted by Crippen LogP contribution is 2.27. The third kappa shape index (κ3) is 1.62. The van der Waals surface area contributed by atoms with Gasteiger partial charge in [0.25, 0.3) is 0 Å². The maximum absolute atomic E-state index is 4.54. The van der Waals surface area contributed by atoms with Crippen LogP contribution in [-0.4, -0.2) is 19.6 Å². The predicted octanol–water partition coefficient (Wildman–Crippen LogP) is 2.15. The number of rotatable bonds is 1. The molecule has 0 N–H and O–H groups in total. The van der Waals surface area contributed by atoms with Gasteiger partial charge in [0.1, 0.15) is 0 Å². The van der Waals surface area contributed by atoms with Crippen LogP contribution in [0.1, 0.15) is 13.3 Å². The fraction of sp³-hybridized carbons (Fsp3) is 0.455. The van der Waals surface area contributed by atoms with E-state index in [1.807, 2.05) is 0 Å². The van der Waals surface area contributed by atoms with Crippen molar-refractivity contribution in [2.75, 3.05) is 24.5 Å². The van der Waals surface area contributed by atoms with Gasteiger partial charge in [-0.25, -0.2) is 0 Å². The third-order valence-electron chi connectivity index (χ3n) is 2.47. The van der Waals surface area contributed by atoms with Crippen LogP contribution in [0.15, 0.2) is 24.3 Å². The van der Waals surface area contributed by atoms with E-state index in [0.717, 1.165) is 25.3 Å². The van der Waals surface area contributed by atoms with Gasteiger partial charge in [0.15, 0.2) is 0 Å². The minimum atomic E-state index is 0.966. The Kier molecular flexibility index (Phi) is 2.39. The quantitative estimate of drug-likeness (QED) is 0.639. The lowest BCUT2D eigenvalue weighted by Crippen LogP contribution is -2.22. The Morgan fingerprint density at radius 3 is 3.08 bits per heavy atom. The topological polar surface area (TPSA) is 17.3 Å². The van der Waals surface area contributed by atoms with Crippen LogP contribution in [-0.2, 0) is 0 Å². The molecular formula is C11H15N2. The summed E-state index contributed by atoms with van der Waals surface area (Å²) in [6, 6.07) is 8.40. The molecule has 0 aromatic heterocycles. The summed E-state index contributed by atoms with van der Waals surface area (Å²) < 4.78 is 0. The Morgan fingerprint density at radius 1 is 1.38 bits per heavy atom. The number of hydrogen-bond donors (Lipinski definition) is 0. The molecule has 2 rings (SSSR count). The van der Waals surface area contributed by atoms with Gasteiger partial charge in [-0.3, -0.25) is 5.32 Å². The molecule has 0 unspecified atom stereocenters. The number of para-hydroxylation sites is 2. The Bertz CT molecular complexity index is 283. The van der Waals surface area contributed by atoms with Crippen LogP contribution in [0, 0.1) is 0 Å². The Morgan fingerprint density at radius 2 is 2.23 bits per heavy atom. The van der Waals surface area contributed by atoms with E-state index in [2.05, 4.69) is 41.4 Å². The first-order valence-electron chi connectivity index (χ1n) is 4.93. The summed E-state index contributed by atoms with van der Waals surface area (Å²) in [6.45, 7) is 5.37. The number of anilines is 1. The number of nitrogens with zero attached hydrogens (tertiary/aromatic N) is 2. The van der Waals surface area contributed by atoms with E-state index in [-0.39, 0.29) is 0 Å². The van der Waals surface area contributed by atoms with Gasteiger partial charge >= 0.3 is 0 Å². The van der Waals surface area contributed by atoms with E-state index in [9.17, 15) is 0 Å². The Hall–Kier alpha value is -1.18. The summed E-state index contributed by atoms with van der Waals surface area (Å²) in [5.74, 6) is 0. The van der Waals surface area contributed by atoms with Crippen molar-refractivity contribution in [2.24, 2.45) is 0 Å². The van der Waals surface area contributed by atoms with Gasteiger partial charge in [-0.1, -0.05) is 12.1 Å². The van der Waals surface area contributed by atoms with Crippen molar-refractivity contribution >= 4 is 11.4 Å². The molecule has 0 saturated heterocycles. The average molecular weight is 175 g/mol. The molecule has 1 radical (unpaired) electrons. The van der Waals surface area contributed by atoms with Crippen LogP contribution in [0.4, 0.5) is 11.4 Å². The first-order valence-corrected chi connectivity index (χ1v) is 4.93.